The Labute approximate surface area is 151 Å². The van der Waals surface area contributed by atoms with E-state index in [1.165, 1.54) is 11.1 Å². The van der Waals surface area contributed by atoms with Crippen LogP contribution < -0.4 is 4.74 Å². The number of aliphatic carboxylic acids is 1. The Morgan fingerprint density at radius 2 is 2.04 bits per heavy atom. The molecule has 2 aliphatic rings. The molecule has 0 radical (unpaired) electrons. The number of amides is 1. The van der Waals surface area contributed by atoms with Crippen LogP contribution in [-0.4, -0.2) is 45.6 Å². The van der Waals surface area contributed by atoms with E-state index in [0.29, 0.717) is 12.2 Å². The Morgan fingerprint density at radius 3 is 2.77 bits per heavy atom. The van der Waals surface area contributed by atoms with Crippen LogP contribution in [0.1, 0.15) is 35.7 Å². The first kappa shape index (κ1) is 16.6. The Hall–Kier alpha value is -2.89. The van der Waals surface area contributed by atoms with Crippen molar-refractivity contribution < 1.29 is 19.4 Å². The molecule has 2 heterocycles. The molecule has 0 saturated heterocycles. The van der Waals surface area contributed by atoms with Crippen molar-refractivity contribution in [3.05, 3.63) is 47.8 Å². The maximum atomic E-state index is 12.9. The quantitative estimate of drug-likeness (QED) is 0.895. The predicted molar refractivity (Wildman–Crippen MR) is 95.2 cm³/mol. The number of aromatic nitrogens is 1. The second-order valence-corrected chi connectivity index (χ2v) is 6.84. The highest BCUT2D eigenvalue weighted by atomic mass is 16.5. The molecule has 1 aliphatic carbocycles. The van der Waals surface area contributed by atoms with Crippen molar-refractivity contribution in [3.8, 4) is 16.9 Å². The maximum absolute atomic E-state index is 12.9. The molecule has 1 aromatic carbocycles. The highest BCUT2D eigenvalue weighted by Gasteiger charge is 2.38. The number of benzene rings is 1. The number of nitrogens with zero attached hydrogens (tertiary/aromatic N) is 2. The van der Waals surface area contributed by atoms with Crippen molar-refractivity contribution in [2.75, 3.05) is 6.61 Å². The average Bonchev–Trinajstić information content (AvgIpc) is 3.37. The molecule has 1 unspecified atom stereocenters. The molecular weight excluding hydrogens is 332 g/mol. The Kier molecular flexibility index (Phi) is 4.11. The van der Waals surface area contributed by atoms with Gasteiger partial charge in [0.25, 0.3) is 5.91 Å². The zero-order valence-electron chi connectivity index (χ0n) is 14.5. The lowest BCUT2D eigenvalue weighted by Gasteiger charge is -2.26. The van der Waals surface area contributed by atoms with E-state index in [1.54, 1.807) is 19.2 Å². The summed E-state index contributed by atoms with van der Waals surface area (Å²) in [5.41, 5.74) is 3.38. The van der Waals surface area contributed by atoms with Crippen LogP contribution in [0.25, 0.3) is 11.1 Å². The van der Waals surface area contributed by atoms with Crippen molar-refractivity contribution in [1.82, 2.24) is 9.88 Å². The first-order valence-corrected chi connectivity index (χ1v) is 8.81. The Balaban J connectivity index is 1.64. The molecule has 6 heteroatoms. The van der Waals surface area contributed by atoms with Gasteiger partial charge >= 0.3 is 5.97 Å². The standard InChI is InChI=1S/C20H20N2O4/c1-12(20(24)25)22(17-3-4-17)19(23)16-9-15(10-21-11-16)13-2-5-18-14(8-13)6-7-26-18/h2,5,8-12,17H,3-4,6-7H2,1H3,(H,24,25). The van der Waals surface area contributed by atoms with Crippen molar-refractivity contribution in [2.45, 2.75) is 38.3 Å². The minimum absolute atomic E-state index is 0.00870. The molecule has 0 spiro atoms. The number of carboxylic acids is 1. The minimum Gasteiger partial charge on any atom is -0.493 e. The largest absolute Gasteiger partial charge is 0.493 e. The fraction of sp³-hybridized carbons (Fsp3) is 0.350. The van der Waals surface area contributed by atoms with E-state index in [-0.39, 0.29) is 11.9 Å². The number of hydrogen-bond acceptors (Lipinski definition) is 4. The molecule has 1 atom stereocenters. The van der Waals surface area contributed by atoms with E-state index < -0.39 is 12.0 Å². The summed E-state index contributed by atoms with van der Waals surface area (Å²) in [4.78, 5) is 30.0. The molecule has 1 amide bonds. The number of carbonyl (C=O) groups excluding carboxylic acids is 1. The van der Waals surface area contributed by atoms with Gasteiger partial charge in [0.15, 0.2) is 0 Å². The van der Waals surface area contributed by atoms with Gasteiger partial charge in [-0.1, -0.05) is 6.07 Å². The minimum atomic E-state index is -0.993. The number of pyridine rings is 1. The zero-order valence-corrected chi connectivity index (χ0v) is 14.5. The van der Waals surface area contributed by atoms with Gasteiger partial charge in [-0.2, -0.15) is 0 Å². The zero-order chi connectivity index (χ0) is 18.3. The molecule has 1 saturated carbocycles. The molecule has 26 heavy (non-hydrogen) atoms. The fourth-order valence-corrected chi connectivity index (χ4v) is 3.36. The van der Waals surface area contributed by atoms with Crippen LogP contribution >= 0.6 is 0 Å². The SMILES string of the molecule is CC(C(=O)O)N(C(=O)c1cncc(-c2ccc3c(c2)CCO3)c1)C1CC1. The van der Waals surface area contributed by atoms with Crippen LogP contribution in [0.3, 0.4) is 0 Å². The Bertz CT molecular complexity index is 876. The molecule has 1 N–H and O–H groups in total. The molecule has 1 aromatic heterocycles. The lowest BCUT2D eigenvalue weighted by atomic mass is 10.0. The van der Waals surface area contributed by atoms with Crippen LogP contribution in [0.2, 0.25) is 0 Å². The van der Waals surface area contributed by atoms with E-state index in [1.807, 2.05) is 12.1 Å². The molecular formula is C20H20N2O4. The van der Waals surface area contributed by atoms with Gasteiger partial charge in [-0.05, 0) is 49.1 Å². The van der Waals surface area contributed by atoms with Gasteiger partial charge in [0, 0.05) is 30.4 Å². The third kappa shape index (κ3) is 3.03. The molecule has 4 rings (SSSR count). The normalized spacial score (nSPS) is 16.5. The average molecular weight is 352 g/mol. The summed E-state index contributed by atoms with van der Waals surface area (Å²) in [5, 5.41) is 9.33. The molecule has 0 bridgehead atoms. The lowest BCUT2D eigenvalue weighted by molar-refractivity contribution is -0.141. The van der Waals surface area contributed by atoms with Crippen LogP contribution in [0, 0.1) is 0 Å². The number of carboxylic acid groups (broad SMARTS) is 1. The van der Waals surface area contributed by atoms with Crippen LogP contribution in [0.4, 0.5) is 0 Å². The van der Waals surface area contributed by atoms with Crippen LogP contribution in [0.15, 0.2) is 36.7 Å². The number of hydrogen-bond donors (Lipinski definition) is 1. The van der Waals surface area contributed by atoms with E-state index in [4.69, 9.17) is 4.74 Å². The van der Waals surface area contributed by atoms with Gasteiger partial charge in [0.05, 0.1) is 12.2 Å². The summed E-state index contributed by atoms with van der Waals surface area (Å²) in [6.07, 6.45) is 5.80. The molecule has 2 aromatic rings. The van der Waals surface area contributed by atoms with E-state index >= 15 is 0 Å². The summed E-state index contributed by atoms with van der Waals surface area (Å²) in [6, 6.07) is 6.90. The van der Waals surface area contributed by atoms with Gasteiger partial charge in [0.1, 0.15) is 11.8 Å². The summed E-state index contributed by atoms with van der Waals surface area (Å²) < 4.78 is 5.53. The van der Waals surface area contributed by atoms with Gasteiger partial charge in [0.2, 0.25) is 0 Å². The third-order valence-corrected chi connectivity index (χ3v) is 4.96. The number of carbonyl (C=O) groups is 2. The van der Waals surface area contributed by atoms with E-state index in [2.05, 4.69) is 11.1 Å². The van der Waals surface area contributed by atoms with Gasteiger partial charge in [-0.3, -0.25) is 9.78 Å². The second-order valence-electron chi connectivity index (χ2n) is 6.84. The monoisotopic (exact) mass is 352 g/mol. The smallest absolute Gasteiger partial charge is 0.326 e. The van der Waals surface area contributed by atoms with Gasteiger partial charge in [-0.25, -0.2) is 4.79 Å². The predicted octanol–water partition coefficient (Wildman–Crippen LogP) is 2.76. The van der Waals surface area contributed by atoms with Crippen molar-refractivity contribution >= 4 is 11.9 Å². The van der Waals surface area contributed by atoms with E-state index in [0.717, 1.165) is 41.7 Å². The highest BCUT2D eigenvalue weighted by Crippen LogP contribution is 2.32. The molecule has 134 valence electrons. The Morgan fingerprint density at radius 1 is 1.23 bits per heavy atom. The first-order chi connectivity index (χ1) is 12.5. The maximum Gasteiger partial charge on any atom is 0.326 e. The summed E-state index contributed by atoms with van der Waals surface area (Å²) in [6.45, 7) is 2.25. The fourth-order valence-electron chi connectivity index (χ4n) is 3.36. The van der Waals surface area contributed by atoms with Crippen molar-refractivity contribution in [1.29, 1.82) is 0 Å². The first-order valence-electron chi connectivity index (χ1n) is 8.81. The molecule has 1 aliphatic heterocycles. The number of fused-ring (bicyclic) bond motifs is 1. The van der Waals surface area contributed by atoms with Crippen molar-refractivity contribution in [2.24, 2.45) is 0 Å². The van der Waals surface area contributed by atoms with Crippen molar-refractivity contribution in [3.63, 3.8) is 0 Å². The van der Waals surface area contributed by atoms with Gasteiger partial charge in [-0.15, -0.1) is 0 Å². The topological polar surface area (TPSA) is 79.7 Å². The second kappa shape index (κ2) is 6.44. The number of rotatable bonds is 5. The summed E-state index contributed by atoms with van der Waals surface area (Å²) >= 11 is 0. The van der Waals surface area contributed by atoms with Gasteiger partial charge < -0.3 is 14.7 Å². The van der Waals surface area contributed by atoms with Crippen LogP contribution in [0.5, 0.6) is 5.75 Å². The molecule has 1 fully saturated rings. The summed E-state index contributed by atoms with van der Waals surface area (Å²) in [5.74, 6) is -0.363. The lowest BCUT2D eigenvalue weighted by Crippen LogP contribution is -2.44. The van der Waals surface area contributed by atoms with E-state index in [9.17, 15) is 14.7 Å². The highest BCUT2D eigenvalue weighted by molar-refractivity contribution is 5.97. The number of ether oxygens (including phenoxy) is 1. The van der Waals surface area contributed by atoms with Crippen LogP contribution in [-0.2, 0) is 11.2 Å². The third-order valence-electron chi connectivity index (χ3n) is 4.96. The summed E-state index contributed by atoms with van der Waals surface area (Å²) in [7, 11) is 0. The molecule has 6 nitrogen and oxygen atoms in total.